The molecule has 0 saturated carbocycles. The predicted octanol–water partition coefficient (Wildman–Crippen LogP) is 1.46. The largest absolute Gasteiger partial charge is 0.492 e. The van der Waals surface area contributed by atoms with Crippen molar-refractivity contribution >= 4 is 9.84 Å². The maximum absolute atomic E-state index is 11.3. The van der Waals surface area contributed by atoms with Crippen LogP contribution in [0.3, 0.4) is 0 Å². The van der Waals surface area contributed by atoms with Gasteiger partial charge in [-0.1, -0.05) is 6.07 Å². The van der Waals surface area contributed by atoms with Crippen molar-refractivity contribution in [1.82, 2.24) is 5.32 Å². The molecule has 0 bridgehead atoms. The zero-order valence-electron chi connectivity index (χ0n) is 11.5. The first-order valence-electron chi connectivity index (χ1n) is 6.59. The lowest BCUT2D eigenvalue weighted by Gasteiger charge is -2.12. The van der Waals surface area contributed by atoms with E-state index < -0.39 is 9.84 Å². The quantitative estimate of drug-likeness (QED) is 0.831. The highest BCUT2D eigenvalue weighted by Crippen LogP contribution is 2.16. The van der Waals surface area contributed by atoms with Crippen molar-refractivity contribution in [3.63, 3.8) is 0 Å². The lowest BCUT2D eigenvalue weighted by Crippen LogP contribution is -2.33. The molecule has 0 spiro atoms. The lowest BCUT2D eigenvalue weighted by molar-refractivity contribution is 0.307. The summed E-state index contributed by atoms with van der Waals surface area (Å²) in [6.07, 6.45) is 0.714. The van der Waals surface area contributed by atoms with Gasteiger partial charge in [-0.2, -0.15) is 0 Å². The molecule has 5 heteroatoms. The molecule has 0 amide bonds. The summed E-state index contributed by atoms with van der Waals surface area (Å²) < 4.78 is 28.3. The molecule has 1 fully saturated rings. The Morgan fingerprint density at radius 1 is 1.26 bits per heavy atom. The Balaban J connectivity index is 1.72. The van der Waals surface area contributed by atoms with Crippen LogP contribution in [0.25, 0.3) is 0 Å². The van der Waals surface area contributed by atoms with Crippen LogP contribution in [0.2, 0.25) is 0 Å². The minimum atomic E-state index is -2.80. The summed E-state index contributed by atoms with van der Waals surface area (Å²) >= 11 is 0. The summed E-state index contributed by atoms with van der Waals surface area (Å²) in [7, 11) is -2.80. The summed E-state index contributed by atoms with van der Waals surface area (Å²) in [4.78, 5) is 0. The Morgan fingerprint density at radius 2 is 1.95 bits per heavy atom. The third kappa shape index (κ3) is 4.51. The number of benzene rings is 1. The Morgan fingerprint density at radius 3 is 2.53 bits per heavy atom. The van der Waals surface area contributed by atoms with Gasteiger partial charge in [-0.05, 0) is 43.5 Å². The normalized spacial score (nSPS) is 21.5. The second kappa shape index (κ2) is 5.92. The van der Waals surface area contributed by atoms with E-state index in [9.17, 15) is 8.42 Å². The van der Waals surface area contributed by atoms with Crippen molar-refractivity contribution in [1.29, 1.82) is 0 Å². The SMILES string of the molecule is Cc1cc(C)cc(OCCNC2CCS(=O)(=O)C2)c1. The average molecular weight is 283 g/mol. The van der Waals surface area contributed by atoms with Crippen molar-refractivity contribution in [2.75, 3.05) is 24.7 Å². The van der Waals surface area contributed by atoms with Gasteiger partial charge in [-0.3, -0.25) is 0 Å². The van der Waals surface area contributed by atoms with Crippen LogP contribution in [0.15, 0.2) is 18.2 Å². The van der Waals surface area contributed by atoms with Crippen LogP contribution < -0.4 is 10.1 Å². The molecule has 1 heterocycles. The van der Waals surface area contributed by atoms with Crippen LogP contribution >= 0.6 is 0 Å². The number of nitrogens with one attached hydrogen (secondary N) is 1. The van der Waals surface area contributed by atoms with Gasteiger partial charge in [0.2, 0.25) is 0 Å². The van der Waals surface area contributed by atoms with Crippen molar-refractivity contribution in [2.45, 2.75) is 26.3 Å². The molecule has 1 aliphatic heterocycles. The first-order valence-corrected chi connectivity index (χ1v) is 8.42. The van der Waals surface area contributed by atoms with Crippen LogP contribution in [0, 0.1) is 13.8 Å². The third-order valence-corrected chi connectivity index (χ3v) is 5.00. The number of hydrogen-bond acceptors (Lipinski definition) is 4. The van der Waals surface area contributed by atoms with Gasteiger partial charge in [0, 0.05) is 12.6 Å². The Labute approximate surface area is 115 Å². The van der Waals surface area contributed by atoms with Crippen molar-refractivity contribution in [3.05, 3.63) is 29.3 Å². The van der Waals surface area contributed by atoms with Crippen LogP contribution in [-0.4, -0.2) is 39.1 Å². The van der Waals surface area contributed by atoms with Gasteiger partial charge in [0.05, 0.1) is 11.5 Å². The fourth-order valence-corrected chi connectivity index (χ4v) is 4.11. The van der Waals surface area contributed by atoms with E-state index in [0.29, 0.717) is 25.3 Å². The molecule has 1 aromatic rings. The Kier molecular flexibility index (Phi) is 4.47. The second-order valence-electron chi connectivity index (χ2n) is 5.23. The molecule has 106 valence electrons. The van der Waals surface area contributed by atoms with Crippen LogP contribution in [-0.2, 0) is 9.84 Å². The highest BCUT2D eigenvalue weighted by atomic mass is 32.2. The summed E-state index contributed by atoms with van der Waals surface area (Å²) in [6, 6.07) is 6.21. The van der Waals surface area contributed by atoms with Gasteiger partial charge in [0.25, 0.3) is 0 Å². The molecule has 2 rings (SSSR count). The van der Waals surface area contributed by atoms with E-state index in [0.717, 1.165) is 5.75 Å². The van der Waals surface area contributed by atoms with Gasteiger partial charge in [0.1, 0.15) is 12.4 Å². The lowest BCUT2D eigenvalue weighted by atomic mass is 10.1. The molecule has 4 nitrogen and oxygen atoms in total. The van der Waals surface area contributed by atoms with E-state index in [2.05, 4.69) is 11.4 Å². The second-order valence-corrected chi connectivity index (χ2v) is 7.45. The first-order chi connectivity index (χ1) is 8.94. The topological polar surface area (TPSA) is 55.4 Å². The van der Waals surface area contributed by atoms with E-state index in [1.54, 1.807) is 0 Å². The van der Waals surface area contributed by atoms with E-state index in [-0.39, 0.29) is 11.8 Å². The molecule has 1 saturated heterocycles. The maximum Gasteiger partial charge on any atom is 0.151 e. The predicted molar refractivity (Wildman–Crippen MR) is 76.5 cm³/mol. The molecular formula is C14H21NO3S. The van der Waals surface area contributed by atoms with Crippen LogP contribution in [0.5, 0.6) is 5.75 Å². The Hall–Kier alpha value is -1.07. The van der Waals surface area contributed by atoms with E-state index in [1.165, 1.54) is 11.1 Å². The van der Waals surface area contributed by atoms with Gasteiger partial charge < -0.3 is 10.1 Å². The minimum Gasteiger partial charge on any atom is -0.492 e. The molecule has 1 N–H and O–H groups in total. The molecule has 0 aromatic heterocycles. The Bertz CT molecular complexity index is 519. The molecular weight excluding hydrogens is 262 g/mol. The van der Waals surface area contributed by atoms with Crippen LogP contribution in [0.4, 0.5) is 0 Å². The van der Waals surface area contributed by atoms with E-state index in [1.807, 2.05) is 26.0 Å². The molecule has 1 atom stereocenters. The van der Waals surface area contributed by atoms with Gasteiger partial charge in [0.15, 0.2) is 9.84 Å². The summed E-state index contributed by atoms with van der Waals surface area (Å²) in [5.74, 6) is 1.44. The number of aryl methyl sites for hydroxylation is 2. The van der Waals surface area contributed by atoms with Crippen LogP contribution in [0.1, 0.15) is 17.5 Å². The first kappa shape index (κ1) is 14.3. The maximum atomic E-state index is 11.3. The highest BCUT2D eigenvalue weighted by Gasteiger charge is 2.26. The van der Waals surface area contributed by atoms with E-state index in [4.69, 9.17) is 4.74 Å². The van der Waals surface area contributed by atoms with Gasteiger partial charge in [-0.25, -0.2) is 8.42 Å². The minimum absolute atomic E-state index is 0.0906. The summed E-state index contributed by atoms with van der Waals surface area (Å²) in [6.45, 7) is 5.32. The van der Waals surface area contributed by atoms with Gasteiger partial charge >= 0.3 is 0 Å². The summed E-state index contributed by atoms with van der Waals surface area (Å²) in [5.41, 5.74) is 2.37. The zero-order valence-corrected chi connectivity index (χ0v) is 12.3. The monoisotopic (exact) mass is 283 g/mol. The van der Waals surface area contributed by atoms with Crippen molar-refractivity contribution in [2.24, 2.45) is 0 Å². The van der Waals surface area contributed by atoms with Gasteiger partial charge in [-0.15, -0.1) is 0 Å². The number of ether oxygens (including phenoxy) is 1. The smallest absolute Gasteiger partial charge is 0.151 e. The molecule has 19 heavy (non-hydrogen) atoms. The summed E-state index contributed by atoms with van der Waals surface area (Å²) in [5, 5.41) is 3.23. The molecule has 1 unspecified atom stereocenters. The molecule has 1 aromatic carbocycles. The molecule has 0 aliphatic carbocycles. The average Bonchev–Trinajstić information content (AvgIpc) is 2.63. The highest BCUT2D eigenvalue weighted by molar-refractivity contribution is 7.91. The third-order valence-electron chi connectivity index (χ3n) is 3.23. The van der Waals surface area contributed by atoms with E-state index >= 15 is 0 Å². The van der Waals surface area contributed by atoms with Crippen molar-refractivity contribution in [3.8, 4) is 5.75 Å². The number of hydrogen-bond donors (Lipinski definition) is 1. The fourth-order valence-electron chi connectivity index (χ4n) is 2.40. The number of sulfone groups is 1. The van der Waals surface area contributed by atoms with Crippen molar-refractivity contribution < 1.29 is 13.2 Å². The fraction of sp³-hybridized carbons (Fsp3) is 0.571. The molecule has 0 radical (unpaired) electrons. The zero-order chi connectivity index (χ0) is 13.9. The number of rotatable bonds is 5. The molecule has 1 aliphatic rings. The standard InChI is InChI=1S/C14H21NO3S/c1-11-7-12(2)9-14(8-11)18-5-4-15-13-3-6-19(16,17)10-13/h7-9,13,15H,3-6,10H2,1-2H3.